The predicted octanol–water partition coefficient (Wildman–Crippen LogP) is 4.79. The van der Waals surface area contributed by atoms with Crippen molar-refractivity contribution in [1.29, 1.82) is 0 Å². The van der Waals surface area contributed by atoms with E-state index in [0.717, 1.165) is 23.8 Å². The van der Waals surface area contributed by atoms with Crippen LogP contribution in [0, 0.1) is 0 Å². The summed E-state index contributed by atoms with van der Waals surface area (Å²) in [4.78, 5) is 2.69. The highest BCUT2D eigenvalue weighted by atomic mass is 16.5. The highest BCUT2D eigenvalue weighted by Crippen LogP contribution is 2.48. The average molecular weight is 419 g/mol. The summed E-state index contributed by atoms with van der Waals surface area (Å²) < 4.78 is 17.0. The van der Waals surface area contributed by atoms with Gasteiger partial charge < -0.3 is 19.5 Å². The zero-order chi connectivity index (χ0) is 21.1. The lowest BCUT2D eigenvalue weighted by molar-refractivity contribution is 0.179. The maximum atomic E-state index is 5.70. The Balaban J connectivity index is 1.70. The Morgan fingerprint density at radius 3 is 2.29 bits per heavy atom. The summed E-state index contributed by atoms with van der Waals surface area (Å²) in [5.41, 5.74) is 2.91. The molecule has 2 aliphatic heterocycles. The van der Waals surface area contributed by atoms with Gasteiger partial charge in [0, 0.05) is 24.7 Å². The van der Waals surface area contributed by atoms with Gasteiger partial charge in [0.15, 0.2) is 11.5 Å². The summed E-state index contributed by atoms with van der Waals surface area (Å²) in [6.45, 7) is 2.18. The second-order valence-electron chi connectivity index (χ2n) is 9.16. The zero-order valence-electron chi connectivity index (χ0n) is 18.5. The molecule has 2 atom stereocenters. The van der Waals surface area contributed by atoms with Crippen molar-refractivity contribution in [3.8, 4) is 17.2 Å². The molecule has 5 heteroatoms. The van der Waals surface area contributed by atoms with Crippen LogP contribution < -0.4 is 19.5 Å². The average Bonchev–Trinajstić information content (AvgIpc) is 3.50. The van der Waals surface area contributed by atoms with E-state index in [1.807, 2.05) is 0 Å². The first-order chi connectivity index (χ1) is 15.2. The van der Waals surface area contributed by atoms with Crippen LogP contribution in [0.3, 0.4) is 0 Å². The molecule has 0 amide bonds. The first kappa shape index (κ1) is 19.2. The van der Waals surface area contributed by atoms with E-state index < -0.39 is 0 Å². The fraction of sp³-hybridized carbons (Fsp3) is 0.462. The topological polar surface area (TPSA) is 43.0 Å². The molecular formula is C26H30N2O3. The van der Waals surface area contributed by atoms with Gasteiger partial charge in [0.05, 0.1) is 21.3 Å². The van der Waals surface area contributed by atoms with Crippen LogP contribution >= 0.6 is 0 Å². The lowest BCUT2D eigenvalue weighted by Gasteiger charge is -2.40. The minimum atomic E-state index is 0.368. The van der Waals surface area contributed by atoms with E-state index in [-0.39, 0.29) is 0 Å². The van der Waals surface area contributed by atoms with Crippen molar-refractivity contribution in [2.45, 2.75) is 50.4 Å². The van der Waals surface area contributed by atoms with Crippen LogP contribution in [-0.4, -0.2) is 44.9 Å². The zero-order valence-corrected chi connectivity index (χ0v) is 18.5. The number of hydrogen-bond acceptors (Lipinski definition) is 5. The van der Waals surface area contributed by atoms with Crippen LogP contribution in [0.1, 0.15) is 42.9 Å². The number of nitrogens with one attached hydrogen (secondary N) is 1. The minimum Gasteiger partial charge on any atom is -0.497 e. The van der Waals surface area contributed by atoms with Gasteiger partial charge >= 0.3 is 0 Å². The Labute approximate surface area is 183 Å². The third-order valence-electron chi connectivity index (χ3n) is 7.44. The van der Waals surface area contributed by atoms with Crippen LogP contribution in [0.2, 0.25) is 0 Å². The van der Waals surface area contributed by atoms with Crippen molar-refractivity contribution in [1.82, 2.24) is 10.2 Å². The van der Waals surface area contributed by atoms with Gasteiger partial charge in [-0.3, -0.25) is 4.90 Å². The van der Waals surface area contributed by atoms with E-state index in [9.17, 15) is 0 Å². The molecule has 1 saturated carbocycles. The molecule has 2 fully saturated rings. The predicted molar refractivity (Wildman–Crippen MR) is 123 cm³/mol. The summed E-state index contributed by atoms with van der Waals surface area (Å²) >= 11 is 0. The maximum absolute atomic E-state index is 5.70. The Kier molecular flexibility index (Phi) is 4.51. The largest absolute Gasteiger partial charge is 0.497 e. The molecular weight excluding hydrogens is 388 g/mol. The molecule has 3 aromatic rings. The van der Waals surface area contributed by atoms with Crippen molar-refractivity contribution in [2.75, 3.05) is 27.9 Å². The Hall–Kier alpha value is -2.50. The molecule has 3 aromatic carbocycles. The second kappa shape index (κ2) is 7.28. The molecule has 0 unspecified atom stereocenters. The lowest BCUT2D eigenvalue weighted by Crippen LogP contribution is -2.45. The van der Waals surface area contributed by atoms with Crippen molar-refractivity contribution in [2.24, 2.45) is 0 Å². The second-order valence-corrected chi connectivity index (χ2v) is 9.16. The van der Waals surface area contributed by atoms with Gasteiger partial charge in [-0.2, -0.15) is 0 Å². The SMILES string of the molecule is COc1ccc2c3c(c4cc(OC)c(OC)cc4c2c1)CN1CCC[C@H]1[C@H]3NC1CC1. The third-order valence-corrected chi connectivity index (χ3v) is 7.44. The lowest BCUT2D eigenvalue weighted by atomic mass is 9.82. The van der Waals surface area contributed by atoms with E-state index >= 15 is 0 Å². The van der Waals surface area contributed by atoms with Crippen molar-refractivity contribution >= 4 is 21.5 Å². The molecule has 6 rings (SSSR count). The van der Waals surface area contributed by atoms with E-state index in [2.05, 4.69) is 40.5 Å². The van der Waals surface area contributed by atoms with Gasteiger partial charge in [-0.25, -0.2) is 0 Å². The molecule has 2 heterocycles. The van der Waals surface area contributed by atoms with Crippen molar-refractivity contribution in [3.63, 3.8) is 0 Å². The van der Waals surface area contributed by atoms with Crippen LogP contribution in [0.15, 0.2) is 30.3 Å². The first-order valence-electron chi connectivity index (χ1n) is 11.4. The maximum Gasteiger partial charge on any atom is 0.161 e. The summed E-state index contributed by atoms with van der Waals surface area (Å²) in [6.07, 6.45) is 5.14. The van der Waals surface area contributed by atoms with E-state index in [1.54, 1.807) is 21.3 Å². The Morgan fingerprint density at radius 1 is 0.839 bits per heavy atom. The molecule has 3 aliphatic rings. The fourth-order valence-electron chi connectivity index (χ4n) is 5.81. The third kappa shape index (κ3) is 2.98. The number of hydrogen-bond donors (Lipinski definition) is 1. The molecule has 1 saturated heterocycles. The number of fused-ring (bicyclic) bond motifs is 7. The summed E-state index contributed by atoms with van der Waals surface area (Å²) in [6, 6.07) is 12.5. The standard InChI is InChI=1S/C26H30N2O3/c1-29-16-8-9-17-18(11-16)19-12-23(30-2)24(31-3)13-20(19)21-14-28-10-4-5-22(28)26(25(17)21)27-15-6-7-15/h8-9,11-13,15,22,26-27H,4-7,10,14H2,1-3H3/t22-,26+/m0/s1. The van der Waals surface area contributed by atoms with Gasteiger partial charge in [-0.1, -0.05) is 6.07 Å². The smallest absolute Gasteiger partial charge is 0.161 e. The van der Waals surface area contributed by atoms with Crippen LogP contribution in [0.5, 0.6) is 17.2 Å². The van der Waals surface area contributed by atoms with Crippen LogP contribution in [0.4, 0.5) is 0 Å². The molecule has 0 bridgehead atoms. The molecule has 5 nitrogen and oxygen atoms in total. The minimum absolute atomic E-state index is 0.368. The van der Waals surface area contributed by atoms with Gasteiger partial charge in [0.1, 0.15) is 5.75 Å². The number of ether oxygens (including phenoxy) is 3. The molecule has 31 heavy (non-hydrogen) atoms. The molecule has 1 N–H and O–H groups in total. The number of benzene rings is 3. The monoisotopic (exact) mass is 418 g/mol. The molecule has 1 aliphatic carbocycles. The number of rotatable bonds is 5. The van der Waals surface area contributed by atoms with E-state index in [4.69, 9.17) is 14.2 Å². The van der Waals surface area contributed by atoms with Gasteiger partial charge in [-0.05, 0) is 89.2 Å². The summed E-state index contributed by atoms with van der Waals surface area (Å²) in [5.74, 6) is 2.44. The van der Waals surface area contributed by atoms with Crippen molar-refractivity contribution in [3.05, 3.63) is 41.5 Å². The highest BCUT2D eigenvalue weighted by Gasteiger charge is 2.41. The van der Waals surface area contributed by atoms with Gasteiger partial charge in [-0.15, -0.1) is 0 Å². The van der Waals surface area contributed by atoms with Gasteiger partial charge in [0.2, 0.25) is 0 Å². The Bertz CT molecular complexity index is 1170. The molecule has 0 radical (unpaired) electrons. The quantitative estimate of drug-likeness (QED) is 0.604. The van der Waals surface area contributed by atoms with Crippen molar-refractivity contribution < 1.29 is 14.2 Å². The van der Waals surface area contributed by atoms with E-state index in [1.165, 1.54) is 64.9 Å². The summed E-state index contributed by atoms with van der Waals surface area (Å²) in [5, 5.41) is 9.05. The molecule has 0 spiro atoms. The normalized spacial score (nSPS) is 23.1. The highest BCUT2D eigenvalue weighted by molar-refractivity contribution is 6.12. The number of nitrogens with zero attached hydrogens (tertiary/aromatic N) is 1. The Morgan fingerprint density at radius 2 is 1.58 bits per heavy atom. The fourth-order valence-corrected chi connectivity index (χ4v) is 5.81. The molecule has 162 valence electrons. The van der Waals surface area contributed by atoms with Gasteiger partial charge in [0.25, 0.3) is 0 Å². The van der Waals surface area contributed by atoms with E-state index in [0.29, 0.717) is 18.1 Å². The molecule has 0 aromatic heterocycles. The van der Waals surface area contributed by atoms with Crippen LogP contribution in [-0.2, 0) is 6.54 Å². The van der Waals surface area contributed by atoms with Crippen LogP contribution in [0.25, 0.3) is 21.5 Å². The number of methoxy groups -OCH3 is 3. The summed E-state index contributed by atoms with van der Waals surface area (Å²) in [7, 11) is 5.16. The first-order valence-corrected chi connectivity index (χ1v) is 11.4.